The summed E-state index contributed by atoms with van der Waals surface area (Å²) in [7, 11) is 0. The molecule has 0 saturated carbocycles. The van der Waals surface area contributed by atoms with Gasteiger partial charge >= 0.3 is 0 Å². The van der Waals surface area contributed by atoms with Crippen LogP contribution in [-0.2, 0) is 41.0 Å². The van der Waals surface area contributed by atoms with E-state index in [-0.39, 0.29) is 33.9 Å². The molecule has 2 aliphatic carbocycles. The molecule has 0 amide bonds. The molecule has 3 heterocycles. The van der Waals surface area contributed by atoms with Crippen LogP contribution >= 0.6 is 0 Å². The minimum absolute atomic E-state index is 0.0106. The van der Waals surface area contributed by atoms with E-state index in [0.29, 0.717) is 0 Å². The van der Waals surface area contributed by atoms with Gasteiger partial charge in [0.1, 0.15) is 0 Å². The van der Waals surface area contributed by atoms with Gasteiger partial charge in [-0.2, -0.15) is 0 Å². The highest BCUT2D eigenvalue weighted by Crippen LogP contribution is 2.64. The van der Waals surface area contributed by atoms with Crippen LogP contribution in [0.15, 0.2) is 158 Å². The Labute approximate surface area is 436 Å². The maximum Gasteiger partial charge on any atom is 0.252 e. The summed E-state index contributed by atoms with van der Waals surface area (Å²) in [5.41, 5.74) is 29.1. The van der Waals surface area contributed by atoms with Crippen molar-refractivity contribution >= 4 is 68.6 Å². The number of rotatable bonds is 4. The Kier molecular flexibility index (Phi) is 9.85. The minimum Gasteiger partial charge on any atom is -0.330 e. The molecule has 364 valence electrons. The number of hydrogen-bond acceptors (Lipinski definition) is 3. The molecule has 13 rings (SSSR count). The van der Waals surface area contributed by atoms with Crippen LogP contribution in [0, 0.1) is 19.3 Å². The van der Waals surface area contributed by atoms with E-state index in [2.05, 4.69) is 256 Å². The van der Waals surface area contributed by atoms with Crippen LogP contribution in [0.5, 0.6) is 0 Å². The fraction of sp³-hybridized carbons (Fsp3) is 0.304. The van der Waals surface area contributed by atoms with E-state index in [4.69, 9.17) is 0 Å². The highest BCUT2D eigenvalue weighted by Gasteiger charge is 2.60. The van der Waals surface area contributed by atoms with Crippen LogP contribution in [0.25, 0.3) is 11.1 Å². The molecule has 3 nitrogen and oxygen atoms in total. The predicted molar refractivity (Wildman–Crippen MR) is 312 cm³/mol. The molecule has 4 heteroatoms. The van der Waals surface area contributed by atoms with E-state index >= 15 is 0 Å². The number of benzene rings is 8. The van der Waals surface area contributed by atoms with Gasteiger partial charge in [0.15, 0.2) is 0 Å². The zero-order valence-corrected chi connectivity index (χ0v) is 45.3. The first-order valence-electron chi connectivity index (χ1n) is 27.1. The second kappa shape index (κ2) is 15.6. The highest BCUT2D eigenvalue weighted by atomic mass is 15.3. The molecular weight excluding hydrogens is 882 g/mol. The van der Waals surface area contributed by atoms with E-state index in [1.54, 1.807) is 0 Å². The molecule has 3 aliphatic heterocycles. The van der Waals surface area contributed by atoms with Crippen molar-refractivity contribution in [1.29, 1.82) is 0 Å². The average Bonchev–Trinajstić information content (AvgIpc) is 3.80. The SMILES string of the molecule is Cc1cc2c3c(c1)N(c1ccc(C(C)(C)C)cc1-c1ccccc1)c1cc4c(cc1B3c1ccc(N3c5ccccc5C5(C)CCc6ccccc6C35C)cc1N2c1ccc(C(C)(C)C)cc1C)CC(C)(C)C4. The summed E-state index contributed by atoms with van der Waals surface area (Å²) in [5.74, 6) is 0. The molecule has 0 N–H and O–H groups in total. The van der Waals surface area contributed by atoms with Crippen molar-refractivity contribution in [2.75, 3.05) is 14.7 Å². The molecular formula is C69H70BN3. The first kappa shape index (κ1) is 46.0. The molecule has 0 bridgehead atoms. The van der Waals surface area contributed by atoms with E-state index < -0.39 is 0 Å². The predicted octanol–water partition coefficient (Wildman–Crippen LogP) is 16.0. The number of anilines is 8. The lowest BCUT2D eigenvalue weighted by atomic mass is 9.33. The summed E-state index contributed by atoms with van der Waals surface area (Å²) in [6, 6.07) is 62.1. The van der Waals surface area contributed by atoms with Gasteiger partial charge in [0, 0.05) is 50.8 Å². The normalized spacial score (nSPS) is 19.9. The smallest absolute Gasteiger partial charge is 0.252 e. The Hall–Kier alpha value is -6.78. The van der Waals surface area contributed by atoms with Gasteiger partial charge in [-0.25, -0.2) is 0 Å². The van der Waals surface area contributed by atoms with Crippen molar-refractivity contribution in [2.24, 2.45) is 5.41 Å². The molecule has 2 atom stereocenters. The van der Waals surface area contributed by atoms with Gasteiger partial charge in [-0.15, -0.1) is 0 Å². The maximum atomic E-state index is 2.74. The summed E-state index contributed by atoms with van der Waals surface area (Å²) in [6.07, 6.45) is 4.33. The topological polar surface area (TPSA) is 9.72 Å². The van der Waals surface area contributed by atoms with Crippen LogP contribution in [0.3, 0.4) is 0 Å². The van der Waals surface area contributed by atoms with Crippen molar-refractivity contribution in [3.8, 4) is 11.1 Å². The molecule has 0 aromatic heterocycles. The van der Waals surface area contributed by atoms with Crippen molar-refractivity contribution in [1.82, 2.24) is 0 Å². The molecule has 0 radical (unpaired) electrons. The lowest BCUT2D eigenvalue weighted by Crippen LogP contribution is -2.61. The number of para-hydroxylation sites is 1. The third-order valence-corrected chi connectivity index (χ3v) is 18.3. The summed E-state index contributed by atoms with van der Waals surface area (Å²) in [6.45, 7) is 28.6. The largest absolute Gasteiger partial charge is 0.330 e. The fourth-order valence-corrected chi connectivity index (χ4v) is 14.4. The van der Waals surface area contributed by atoms with Crippen molar-refractivity contribution in [3.05, 3.63) is 208 Å². The zero-order chi connectivity index (χ0) is 50.7. The lowest BCUT2D eigenvalue weighted by Gasteiger charge is -2.51. The molecule has 0 saturated heterocycles. The summed E-state index contributed by atoms with van der Waals surface area (Å²) < 4.78 is 0. The Morgan fingerprint density at radius 1 is 0.479 bits per heavy atom. The fourth-order valence-electron chi connectivity index (χ4n) is 14.4. The van der Waals surface area contributed by atoms with E-state index in [1.807, 2.05) is 0 Å². The quantitative estimate of drug-likeness (QED) is 0.163. The Bertz CT molecular complexity index is 3610. The first-order chi connectivity index (χ1) is 34.7. The number of fused-ring (bicyclic) bond motifs is 10. The molecule has 73 heavy (non-hydrogen) atoms. The molecule has 0 spiro atoms. The van der Waals surface area contributed by atoms with E-state index in [0.717, 1.165) is 25.7 Å². The molecule has 2 unspecified atom stereocenters. The summed E-state index contributed by atoms with van der Waals surface area (Å²) in [5, 5.41) is 0. The van der Waals surface area contributed by atoms with Crippen LogP contribution in [0.2, 0.25) is 0 Å². The van der Waals surface area contributed by atoms with Gasteiger partial charge < -0.3 is 14.7 Å². The first-order valence-corrected chi connectivity index (χ1v) is 27.1. The Balaban J connectivity index is 1.11. The summed E-state index contributed by atoms with van der Waals surface area (Å²) in [4.78, 5) is 8.08. The lowest BCUT2D eigenvalue weighted by molar-refractivity contribution is 0.245. The minimum atomic E-state index is -0.310. The average molecular weight is 952 g/mol. The van der Waals surface area contributed by atoms with E-state index in [9.17, 15) is 0 Å². The maximum absolute atomic E-state index is 2.74. The number of aryl methyl sites for hydroxylation is 3. The Morgan fingerprint density at radius 2 is 1.08 bits per heavy atom. The van der Waals surface area contributed by atoms with Crippen molar-refractivity contribution in [2.45, 2.75) is 131 Å². The third-order valence-electron chi connectivity index (χ3n) is 18.3. The molecule has 8 aromatic carbocycles. The van der Waals surface area contributed by atoms with Gasteiger partial charge in [-0.3, -0.25) is 0 Å². The number of nitrogens with zero attached hydrogens (tertiary/aromatic N) is 3. The second-order valence-electron chi connectivity index (χ2n) is 25.8. The monoisotopic (exact) mass is 952 g/mol. The van der Waals surface area contributed by atoms with E-state index in [1.165, 1.54) is 123 Å². The van der Waals surface area contributed by atoms with Crippen LogP contribution < -0.4 is 31.1 Å². The van der Waals surface area contributed by atoms with Crippen LogP contribution in [0.1, 0.15) is 126 Å². The van der Waals surface area contributed by atoms with Crippen LogP contribution in [0.4, 0.5) is 45.5 Å². The second-order valence-corrected chi connectivity index (χ2v) is 25.8. The van der Waals surface area contributed by atoms with Gasteiger partial charge in [0.2, 0.25) is 0 Å². The summed E-state index contributed by atoms with van der Waals surface area (Å²) >= 11 is 0. The molecule has 0 fully saturated rings. The Morgan fingerprint density at radius 3 is 1.78 bits per heavy atom. The molecule has 5 aliphatic rings. The standard InChI is InChI=1S/C69H70BN3/c1-43-34-62-64-63(35-43)72(58-31-27-50(66(6,7)8)39-52(58)45-20-14-13-15-21-45)60-38-48-42-67(9,10)41-47(48)37-56(60)70(64)55-29-28-51(40-61(55)71(62)57-30-26-49(36-44(57)2)65(3,4)5)73-59-25-19-18-24-54(59)68(11)33-32-46-22-16-17-23-53(46)69(68,73)12/h13-31,34-40H,32-33,41-42H2,1-12H3. The highest BCUT2D eigenvalue weighted by molar-refractivity contribution is 7.00. The zero-order valence-electron chi connectivity index (χ0n) is 45.3. The van der Waals surface area contributed by atoms with Gasteiger partial charge in [-0.05, 0) is 189 Å². The third kappa shape index (κ3) is 6.70. The van der Waals surface area contributed by atoms with Crippen molar-refractivity contribution in [3.63, 3.8) is 0 Å². The number of hydrogen-bond donors (Lipinski definition) is 0. The van der Waals surface area contributed by atoms with Gasteiger partial charge in [0.25, 0.3) is 6.71 Å². The van der Waals surface area contributed by atoms with Crippen LogP contribution in [-0.4, -0.2) is 6.71 Å². The van der Waals surface area contributed by atoms with Gasteiger partial charge in [0.05, 0.1) is 11.2 Å². The van der Waals surface area contributed by atoms with Gasteiger partial charge in [-0.1, -0.05) is 165 Å². The van der Waals surface area contributed by atoms with Crippen molar-refractivity contribution < 1.29 is 0 Å². The molecule has 8 aromatic rings.